The lowest BCUT2D eigenvalue weighted by atomic mass is 10.2. The van der Waals surface area contributed by atoms with Crippen molar-refractivity contribution < 1.29 is 19.1 Å². The smallest absolute Gasteiger partial charge is 0.320 e. The van der Waals surface area contributed by atoms with Crippen molar-refractivity contribution in [2.75, 3.05) is 13.6 Å². The molecule has 5 nitrogen and oxygen atoms in total. The number of hydrogen-bond donors (Lipinski definition) is 1. The van der Waals surface area contributed by atoms with E-state index in [2.05, 4.69) is 0 Å². The molecule has 0 heterocycles. The van der Waals surface area contributed by atoms with E-state index in [1.165, 1.54) is 17.0 Å². The van der Waals surface area contributed by atoms with Crippen LogP contribution in [0.2, 0.25) is 0 Å². The molecule has 1 atom stereocenters. The molecule has 1 N–H and O–H groups in total. The Labute approximate surface area is 129 Å². The Morgan fingerprint density at radius 3 is 2.41 bits per heavy atom. The molecule has 1 aromatic carbocycles. The number of rotatable bonds is 7. The number of carbonyl (C=O) groups is 2. The van der Waals surface area contributed by atoms with Crippen LogP contribution in [0.5, 0.6) is 0 Å². The van der Waals surface area contributed by atoms with E-state index < -0.39 is 12.0 Å². The number of halogens is 1. The summed E-state index contributed by atoms with van der Waals surface area (Å²) < 4.78 is 12.9. The van der Waals surface area contributed by atoms with Crippen molar-refractivity contribution in [2.45, 2.75) is 38.4 Å². The summed E-state index contributed by atoms with van der Waals surface area (Å²) in [6.07, 6.45) is 1.87. The number of aliphatic carboxylic acids is 1. The van der Waals surface area contributed by atoms with Gasteiger partial charge in [0.25, 0.3) is 0 Å². The van der Waals surface area contributed by atoms with Crippen LogP contribution in [0.3, 0.4) is 0 Å². The molecule has 0 bridgehead atoms. The predicted octanol–water partition coefficient (Wildman–Crippen LogP) is 1.72. The monoisotopic (exact) mass is 308 g/mol. The molecule has 1 aliphatic rings. The highest BCUT2D eigenvalue weighted by atomic mass is 19.1. The standard InChI is InChI=1S/C16H21FN2O3/c1-11(16(21)22)19(14-7-8-14)10-15(20)18(2)9-12-3-5-13(17)6-4-12/h3-6,11,14H,7-10H2,1-2H3,(H,21,22). The van der Waals surface area contributed by atoms with Crippen LogP contribution in [0.1, 0.15) is 25.3 Å². The first-order valence-electron chi connectivity index (χ1n) is 7.35. The van der Waals surface area contributed by atoms with E-state index in [-0.39, 0.29) is 24.3 Å². The van der Waals surface area contributed by atoms with Crippen LogP contribution in [-0.2, 0) is 16.1 Å². The zero-order valence-electron chi connectivity index (χ0n) is 12.8. The number of benzene rings is 1. The third kappa shape index (κ3) is 4.27. The highest BCUT2D eigenvalue weighted by Gasteiger charge is 2.36. The SMILES string of the molecule is CC(C(=O)O)N(CC(=O)N(C)Cc1ccc(F)cc1)C1CC1. The van der Waals surface area contributed by atoms with Gasteiger partial charge in [0, 0.05) is 19.6 Å². The number of carbonyl (C=O) groups excluding carboxylic acids is 1. The Morgan fingerprint density at radius 2 is 1.91 bits per heavy atom. The maximum Gasteiger partial charge on any atom is 0.320 e. The third-order valence-corrected chi connectivity index (χ3v) is 3.95. The maximum atomic E-state index is 12.9. The zero-order chi connectivity index (χ0) is 16.3. The molecule has 120 valence electrons. The molecule has 6 heteroatoms. The minimum absolute atomic E-state index is 0.0931. The van der Waals surface area contributed by atoms with E-state index in [4.69, 9.17) is 5.11 Å². The molecule has 1 fully saturated rings. The van der Waals surface area contributed by atoms with Crippen LogP contribution in [0.25, 0.3) is 0 Å². The molecule has 0 spiro atoms. The van der Waals surface area contributed by atoms with Crippen molar-refractivity contribution in [3.63, 3.8) is 0 Å². The van der Waals surface area contributed by atoms with Gasteiger partial charge in [0.2, 0.25) is 5.91 Å². The number of carboxylic acids is 1. The Kier molecular flexibility index (Phi) is 5.13. The Balaban J connectivity index is 1.94. The summed E-state index contributed by atoms with van der Waals surface area (Å²) in [6, 6.07) is 5.51. The molecule has 1 aliphatic carbocycles. The average Bonchev–Trinajstić information content (AvgIpc) is 3.30. The Hall–Kier alpha value is -1.95. The summed E-state index contributed by atoms with van der Waals surface area (Å²) >= 11 is 0. The molecule has 2 rings (SSSR count). The molecule has 0 saturated heterocycles. The van der Waals surface area contributed by atoms with E-state index in [0.29, 0.717) is 6.54 Å². The quantitative estimate of drug-likeness (QED) is 0.833. The highest BCUT2D eigenvalue weighted by Crippen LogP contribution is 2.28. The van der Waals surface area contributed by atoms with Gasteiger partial charge in [-0.2, -0.15) is 0 Å². The topological polar surface area (TPSA) is 60.9 Å². The number of hydrogen-bond acceptors (Lipinski definition) is 3. The van der Waals surface area contributed by atoms with Gasteiger partial charge in [-0.1, -0.05) is 12.1 Å². The molecule has 1 amide bonds. The predicted molar refractivity (Wildman–Crippen MR) is 79.7 cm³/mol. The molecule has 1 saturated carbocycles. The maximum absolute atomic E-state index is 12.9. The number of nitrogens with zero attached hydrogens (tertiary/aromatic N) is 2. The second kappa shape index (κ2) is 6.87. The molecular weight excluding hydrogens is 287 g/mol. The van der Waals surface area contributed by atoms with Gasteiger partial charge in [-0.25, -0.2) is 4.39 Å². The lowest BCUT2D eigenvalue weighted by Crippen LogP contribution is -2.46. The summed E-state index contributed by atoms with van der Waals surface area (Å²) in [6.45, 7) is 2.07. The van der Waals surface area contributed by atoms with Crippen LogP contribution >= 0.6 is 0 Å². The van der Waals surface area contributed by atoms with Crippen LogP contribution in [-0.4, -0.2) is 52.5 Å². The summed E-state index contributed by atoms with van der Waals surface area (Å²) in [5.74, 6) is -1.36. The van der Waals surface area contributed by atoms with Crippen LogP contribution in [0, 0.1) is 5.82 Å². The normalized spacial score (nSPS) is 15.6. The molecule has 1 unspecified atom stereocenters. The molecule has 0 aromatic heterocycles. The van der Waals surface area contributed by atoms with Gasteiger partial charge in [0.15, 0.2) is 0 Å². The summed E-state index contributed by atoms with van der Waals surface area (Å²) in [5.41, 5.74) is 0.835. The van der Waals surface area contributed by atoms with Crippen molar-refractivity contribution >= 4 is 11.9 Å². The van der Waals surface area contributed by atoms with Gasteiger partial charge in [0.1, 0.15) is 11.9 Å². The van der Waals surface area contributed by atoms with E-state index >= 15 is 0 Å². The average molecular weight is 308 g/mol. The second-order valence-corrected chi connectivity index (χ2v) is 5.79. The number of carboxylic acid groups (broad SMARTS) is 1. The molecule has 22 heavy (non-hydrogen) atoms. The van der Waals surface area contributed by atoms with Gasteiger partial charge in [0.05, 0.1) is 6.54 Å². The molecular formula is C16H21FN2O3. The van der Waals surface area contributed by atoms with Gasteiger partial charge in [-0.05, 0) is 37.5 Å². The van der Waals surface area contributed by atoms with Crippen LogP contribution in [0.4, 0.5) is 4.39 Å². The summed E-state index contributed by atoms with van der Waals surface area (Å²) in [4.78, 5) is 26.7. The van der Waals surface area contributed by atoms with Gasteiger partial charge in [-0.3, -0.25) is 14.5 Å². The summed E-state index contributed by atoms with van der Waals surface area (Å²) in [5, 5.41) is 9.14. The lowest BCUT2D eigenvalue weighted by Gasteiger charge is -2.28. The largest absolute Gasteiger partial charge is 0.480 e. The number of amides is 1. The fraction of sp³-hybridized carbons (Fsp3) is 0.500. The van der Waals surface area contributed by atoms with E-state index in [1.54, 1.807) is 31.0 Å². The zero-order valence-corrected chi connectivity index (χ0v) is 12.8. The van der Waals surface area contributed by atoms with E-state index in [1.807, 2.05) is 0 Å². The molecule has 0 aliphatic heterocycles. The fourth-order valence-corrected chi connectivity index (χ4v) is 2.36. The fourth-order valence-electron chi connectivity index (χ4n) is 2.36. The first-order chi connectivity index (χ1) is 10.4. The lowest BCUT2D eigenvalue weighted by molar-refractivity contribution is -0.144. The van der Waals surface area contributed by atoms with Crippen molar-refractivity contribution in [1.29, 1.82) is 0 Å². The van der Waals surface area contributed by atoms with Crippen molar-refractivity contribution in [2.24, 2.45) is 0 Å². The molecule has 1 aromatic rings. The minimum Gasteiger partial charge on any atom is -0.480 e. The summed E-state index contributed by atoms with van der Waals surface area (Å²) in [7, 11) is 1.67. The van der Waals surface area contributed by atoms with Crippen LogP contribution in [0.15, 0.2) is 24.3 Å². The first-order valence-corrected chi connectivity index (χ1v) is 7.35. The minimum atomic E-state index is -0.916. The van der Waals surface area contributed by atoms with E-state index in [0.717, 1.165) is 18.4 Å². The van der Waals surface area contributed by atoms with Crippen molar-refractivity contribution in [3.05, 3.63) is 35.6 Å². The number of likely N-dealkylation sites (N-methyl/N-ethyl adjacent to an activating group) is 1. The molecule has 0 radical (unpaired) electrons. The van der Waals surface area contributed by atoms with Crippen LogP contribution < -0.4 is 0 Å². The van der Waals surface area contributed by atoms with Gasteiger partial charge in [-0.15, -0.1) is 0 Å². The third-order valence-electron chi connectivity index (χ3n) is 3.95. The van der Waals surface area contributed by atoms with Crippen molar-refractivity contribution in [1.82, 2.24) is 9.80 Å². The second-order valence-electron chi connectivity index (χ2n) is 5.79. The van der Waals surface area contributed by atoms with Gasteiger partial charge >= 0.3 is 5.97 Å². The first kappa shape index (κ1) is 16.4. The highest BCUT2D eigenvalue weighted by molar-refractivity contribution is 5.80. The van der Waals surface area contributed by atoms with Crippen molar-refractivity contribution in [3.8, 4) is 0 Å². The van der Waals surface area contributed by atoms with E-state index in [9.17, 15) is 14.0 Å². The Morgan fingerprint density at radius 1 is 1.32 bits per heavy atom. The Bertz CT molecular complexity index is 543. The van der Waals surface area contributed by atoms with Gasteiger partial charge < -0.3 is 10.0 Å².